The Morgan fingerprint density at radius 2 is 2.24 bits per heavy atom. The van der Waals surface area contributed by atoms with Gasteiger partial charge in [0.2, 0.25) is 0 Å². The quantitative estimate of drug-likeness (QED) is 0.874. The second-order valence-electron chi connectivity index (χ2n) is 6.96. The highest BCUT2D eigenvalue weighted by Crippen LogP contribution is 2.25. The number of hydrogen-bond donors (Lipinski definition) is 2. The van der Waals surface area contributed by atoms with Crippen LogP contribution in [0.15, 0.2) is 18.2 Å². The van der Waals surface area contributed by atoms with Crippen LogP contribution < -0.4 is 15.4 Å². The van der Waals surface area contributed by atoms with Crippen molar-refractivity contribution in [1.29, 1.82) is 0 Å². The molecule has 1 unspecified atom stereocenters. The molecule has 0 radical (unpaired) electrons. The van der Waals surface area contributed by atoms with Crippen LogP contribution in [-0.4, -0.2) is 38.9 Å². The molecule has 3 rings (SSSR count). The van der Waals surface area contributed by atoms with E-state index in [1.165, 1.54) is 16.9 Å². The van der Waals surface area contributed by atoms with Crippen molar-refractivity contribution < 1.29 is 13.9 Å². The molecule has 1 aliphatic rings. The summed E-state index contributed by atoms with van der Waals surface area (Å²) >= 11 is 0. The molecule has 1 aromatic heterocycles. The number of carbonyl (C=O) groups excluding carboxylic acids is 1. The van der Waals surface area contributed by atoms with Crippen LogP contribution in [0.1, 0.15) is 32.2 Å². The first kappa shape index (κ1) is 17.1. The first-order chi connectivity index (χ1) is 11.8. The van der Waals surface area contributed by atoms with Crippen LogP contribution in [-0.2, 0) is 18.5 Å². The van der Waals surface area contributed by atoms with Crippen molar-refractivity contribution in [3.05, 3.63) is 35.4 Å². The zero-order valence-corrected chi connectivity index (χ0v) is 14.4. The standard InChI is InChI=1S/C16H21FN6O2/c1-16(2,3)23-21-14(20-22-23)8-18-15(24)19-12-7-10-6-11(17)4-5-13(10)25-9-12/h4-6,12H,7-9H2,1-3H3,(H2,18,19,24). The number of nitrogens with zero attached hydrogens (tertiary/aromatic N) is 4. The average molecular weight is 348 g/mol. The van der Waals surface area contributed by atoms with Gasteiger partial charge in [-0.25, -0.2) is 9.18 Å². The lowest BCUT2D eigenvalue weighted by atomic mass is 10.0. The number of aromatic nitrogens is 4. The maximum atomic E-state index is 13.3. The van der Waals surface area contributed by atoms with E-state index in [1.807, 2.05) is 20.8 Å². The molecule has 0 bridgehead atoms. The minimum atomic E-state index is -0.361. The van der Waals surface area contributed by atoms with E-state index >= 15 is 0 Å². The topological polar surface area (TPSA) is 94.0 Å². The first-order valence-corrected chi connectivity index (χ1v) is 8.06. The van der Waals surface area contributed by atoms with Gasteiger partial charge in [-0.15, -0.1) is 10.2 Å². The van der Waals surface area contributed by atoms with Gasteiger partial charge >= 0.3 is 6.03 Å². The Bertz CT molecular complexity index is 770. The number of urea groups is 1. The molecule has 0 spiro atoms. The molecule has 2 amide bonds. The molecule has 2 heterocycles. The van der Waals surface area contributed by atoms with Crippen LogP contribution >= 0.6 is 0 Å². The summed E-state index contributed by atoms with van der Waals surface area (Å²) in [4.78, 5) is 13.5. The van der Waals surface area contributed by atoms with Gasteiger partial charge in [0.05, 0.1) is 18.1 Å². The molecule has 134 valence electrons. The van der Waals surface area contributed by atoms with Gasteiger partial charge < -0.3 is 15.4 Å². The van der Waals surface area contributed by atoms with Crippen LogP contribution in [0.3, 0.4) is 0 Å². The summed E-state index contributed by atoms with van der Waals surface area (Å²) in [6, 6.07) is 3.80. The van der Waals surface area contributed by atoms with Crippen LogP contribution in [0.25, 0.3) is 0 Å². The number of rotatable bonds is 3. The fourth-order valence-electron chi connectivity index (χ4n) is 2.45. The van der Waals surface area contributed by atoms with E-state index in [0.29, 0.717) is 24.6 Å². The molecule has 2 aromatic rings. The van der Waals surface area contributed by atoms with Crippen molar-refractivity contribution in [1.82, 2.24) is 30.8 Å². The third kappa shape index (κ3) is 4.23. The van der Waals surface area contributed by atoms with E-state index in [-0.39, 0.29) is 30.0 Å². The highest BCUT2D eigenvalue weighted by atomic mass is 19.1. The summed E-state index contributed by atoms with van der Waals surface area (Å²) in [5.41, 5.74) is 0.474. The molecule has 9 heteroatoms. The van der Waals surface area contributed by atoms with E-state index in [2.05, 4.69) is 26.0 Å². The molecule has 0 fully saturated rings. The SMILES string of the molecule is CC(C)(C)n1nnc(CNC(=O)NC2COc3ccc(F)cc3C2)n1. The van der Waals surface area contributed by atoms with Crippen molar-refractivity contribution in [2.75, 3.05) is 6.61 Å². The Labute approximate surface area is 144 Å². The van der Waals surface area contributed by atoms with E-state index in [1.54, 1.807) is 6.07 Å². The van der Waals surface area contributed by atoms with Gasteiger partial charge in [0.15, 0.2) is 5.82 Å². The normalized spacial score (nSPS) is 16.7. The molecule has 0 saturated carbocycles. The molecule has 8 nitrogen and oxygen atoms in total. The minimum absolute atomic E-state index is 0.167. The number of tetrazole rings is 1. The zero-order valence-electron chi connectivity index (χ0n) is 14.4. The number of carbonyl (C=O) groups is 1. The van der Waals surface area contributed by atoms with Gasteiger partial charge in [0.25, 0.3) is 0 Å². The van der Waals surface area contributed by atoms with E-state index < -0.39 is 0 Å². The van der Waals surface area contributed by atoms with Gasteiger partial charge in [0.1, 0.15) is 18.2 Å². The van der Waals surface area contributed by atoms with Crippen molar-refractivity contribution in [2.24, 2.45) is 0 Å². The highest BCUT2D eigenvalue weighted by molar-refractivity contribution is 5.74. The average Bonchev–Trinajstić information content (AvgIpc) is 3.02. The second-order valence-corrected chi connectivity index (χ2v) is 6.96. The third-order valence-corrected chi connectivity index (χ3v) is 3.73. The molecule has 0 aliphatic carbocycles. The predicted octanol–water partition coefficient (Wildman–Crippen LogP) is 1.37. The van der Waals surface area contributed by atoms with Gasteiger partial charge in [-0.2, -0.15) is 4.80 Å². The van der Waals surface area contributed by atoms with E-state index in [4.69, 9.17) is 4.74 Å². The van der Waals surface area contributed by atoms with Crippen molar-refractivity contribution in [3.63, 3.8) is 0 Å². The van der Waals surface area contributed by atoms with Crippen molar-refractivity contribution in [2.45, 2.75) is 45.3 Å². The molecule has 25 heavy (non-hydrogen) atoms. The minimum Gasteiger partial charge on any atom is -0.491 e. The first-order valence-electron chi connectivity index (χ1n) is 8.06. The van der Waals surface area contributed by atoms with E-state index in [9.17, 15) is 9.18 Å². The van der Waals surface area contributed by atoms with Gasteiger partial charge in [-0.1, -0.05) is 0 Å². The summed E-state index contributed by atoms with van der Waals surface area (Å²) in [7, 11) is 0. The summed E-state index contributed by atoms with van der Waals surface area (Å²) < 4.78 is 18.8. The fraction of sp³-hybridized carbons (Fsp3) is 0.500. The number of amides is 2. The Hall–Kier alpha value is -2.71. The molecule has 1 aliphatic heterocycles. The summed E-state index contributed by atoms with van der Waals surface area (Å²) in [5.74, 6) is 0.765. The zero-order chi connectivity index (χ0) is 18.0. The molecule has 1 aromatic carbocycles. The Balaban J connectivity index is 1.51. The van der Waals surface area contributed by atoms with Crippen molar-refractivity contribution >= 4 is 6.03 Å². The lowest BCUT2D eigenvalue weighted by Gasteiger charge is -2.26. The smallest absolute Gasteiger partial charge is 0.315 e. The van der Waals surface area contributed by atoms with E-state index in [0.717, 1.165) is 5.56 Å². The molecular weight excluding hydrogens is 327 g/mol. The number of fused-ring (bicyclic) bond motifs is 1. The van der Waals surface area contributed by atoms with Crippen LogP contribution in [0, 0.1) is 5.82 Å². The molecular formula is C16H21FN6O2. The van der Waals surface area contributed by atoms with Gasteiger partial charge in [-0.05, 0) is 56.2 Å². The molecule has 1 atom stereocenters. The summed E-state index contributed by atoms with van der Waals surface area (Å²) in [6.45, 7) is 6.39. The third-order valence-electron chi connectivity index (χ3n) is 3.73. The predicted molar refractivity (Wildman–Crippen MR) is 87.6 cm³/mol. The van der Waals surface area contributed by atoms with Gasteiger partial charge in [0, 0.05) is 0 Å². The fourth-order valence-corrected chi connectivity index (χ4v) is 2.45. The lowest BCUT2D eigenvalue weighted by Crippen LogP contribution is -2.47. The maximum absolute atomic E-state index is 13.3. The van der Waals surface area contributed by atoms with Crippen molar-refractivity contribution in [3.8, 4) is 5.75 Å². The van der Waals surface area contributed by atoms with Crippen LogP contribution in [0.5, 0.6) is 5.75 Å². The molecule has 0 saturated heterocycles. The van der Waals surface area contributed by atoms with Crippen LogP contribution in [0.2, 0.25) is 0 Å². The number of ether oxygens (including phenoxy) is 1. The maximum Gasteiger partial charge on any atom is 0.315 e. The Morgan fingerprint density at radius 3 is 2.96 bits per heavy atom. The Kier molecular flexibility index (Phi) is 4.56. The number of hydrogen-bond acceptors (Lipinski definition) is 5. The second kappa shape index (κ2) is 6.66. The largest absolute Gasteiger partial charge is 0.491 e. The number of benzene rings is 1. The summed E-state index contributed by atoms with van der Waals surface area (Å²) in [5, 5.41) is 17.6. The number of halogens is 1. The lowest BCUT2D eigenvalue weighted by molar-refractivity contribution is 0.214. The monoisotopic (exact) mass is 348 g/mol. The highest BCUT2D eigenvalue weighted by Gasteiger charge is 2.22. The summed E-state index contributed by atoms with van der Waals surface area (Å²) in [6.07, 6.45) is 0.513. The number of nitrogens with one attached hydrogen (secondary N) is 2. The van der Waals surface area contributed by atoms with Gasteiger partial charge in [-0.3, -0.25) is 0 Å². The van der Waals surface area contributed by atoms with Crippen LogP contribution in [0.4, 0.5) is 9.18 Å². The Morgan fingerprint density at radius 1 is 1.44 bits per heavy atom. The molecule has 2 N–H and O–H groups in total.